The minimum Gasteiger partial charge on any atom is -0.497 e. The number of nitrogens with one attached hydrogen (secondary N) is 2. The highest BCUT2D eigenvalue weighted by Crippen LogP contribution is 2.19. The molecular formula is C18H15N3O3. The first-order valence-corrected chi connectivity index (χ1v) is 7.28. The Balaban J connectivity index is 1.71. The van der Waals surface area contributed by atoms with E-state index in [1.165, 1.54) is 0 Å². The SMILES string of the molecule is COc1ccc2nc(C(=O)NNC(=O)c3ccccc3)ccc2c1. The largest absolute Gasteiger partial charge is 0.497 e. The van der Waals surface area contributed by atoms with E-state index in [1.807, 2.05) is 12.1 Å². The topological polar surface area (TPSA) is 80.3 Å². The monoisotopic (exact) mass is 321 g/mol. The summed E-state index contributed by atoms with van der Waals surface area (Å²) in [6.07, 6.45) is 0. The van der Waals surface area contributed by atoms with Crippen LogP contribution in [0.15, 0.2) is 60.7 Å². The molecule has 0 atom stereocenters. The van der Waals surface area contributed by atoms with E-state index in [9.17, 15) is 9.59 Å². The lowest BCUT2D eigenvalue weighted by atomic mass is 10.2. The molecule has 2 N–H and O–H groups in total. The maximum atomic E-state index is 12.1. The van der Waals surface area contributed by atoms with Crippen LogP contribution in [-0.2, 0) is 0 Å². The molecule has 0 aliphatic rings. The number of carbonyl (C=O) groups excluding carboxylic acids is 2. The van der Waals surface area contributed by atoms with Crippen molar-refractivity contribution in [3.05, 3.63) is 71.9 Å². The van der Waals surface area contributed by atoms with Crippen molar-refractivity contribution < 1.29 is 14.3 Å². The molecule has 6 heteroatoms. The molecule has 2 aromatic carbocycles. The maximum Gasteiger partial charge on any atom is 0.288 e. The number of hydrogen-bond acceptors (Lipinski definition) is 4. The van der Waals surface area contributed by atoms with Crippen LogP contribution in [0.25, 0.3) is 10.9 Å². The Morgan fingerprint density at radius 3 is 2.42 bits per heavy atom. The molecule has 0 saturated carbocycles. The van der Waals surface area contributed by atoms with Crippen LogP contribution in [0.2, 0.25) is 0 Å². The fourth-order valence-electron chi connectivity index (χ4n) is 2.20. The van der Waals surface area contributed by atoms with Gasteiger partial charge >= 0.3 is 0 Å². The molecule has 6 nitrogen and oxygen atoms in total. The molecule has 0 bridgehead atoms. The number of ether oxygens (including phenoxy) is 1. The van der Waals surface area contributed by atoms with Gasteiger partial charge in [0.15, 0.2) is 0 Å². The van der Waals surface area contributed by atoms with Crippen LogP contribution < -0.4 is 15.6 Å². The second kappa shape index (κ2) is 6.78. The zero-order valence-corrected chi connectivity index (χ0v) is 12.9. The molecule has 0 unspecified atom stereocenters. The van der Waals surface area contributed by atoms with Gasteiger partial charge in [-0.1, -0.05) is 24.3 Å². The molecule has 2 amide bonds. The Morgan fingerprint density at radius 2 is 1.67 bits per heavy atom. The molecule has 0 saturated heterocycles. The molecule has 3 rings (SSSR count). The van der Waals surface area contributed by atoms with Crippen molar-refractivity contribution in [3.63, 3.8) is 0 Å². The Labute approximate surface area is 138 Å². The summed E-state index contributed by atoms with van der Waals surface area (Å²) < 4.78 is 5.15. The van der Waals surface area contributed by atoms with Gasteiger partial charge in [-0.15, -0.1) is 0 Å². The Kier molecular flexibility index (Phi) is 4.38. The molecule has 3 aromatic rings. The van der Waals surface area contributed by atoms with E-state index in [-0.39, 0.29) is 5.69 Å². The number of carbonyl (C=O) groups is 2. The van der Waals surface area contributed by atoms with Crippen molar-refractivity contribution in [2.75, 3.05) is 7.11 Å². The van der Waals surface area contributed by atoms with Gasteiger partial charge in [0.05, 0.1) is 12.6 Å². The summed E-state index contributed by atoms with van der Waals surface area (Å²) in [4.78, 5) is 28.3. The summed E-state index contributed by atoms with van der Waals surface area (Å²) >= 11 is 0. The molecule has 1 heterocycles. The summed E-state index contributed by atoms with van der Waals surface area (Å²) in [5, 5.41) is 0.860. The molecule has 0 aliphatic carbocycles. The van der Waals surface area contributed by atoms with E-state index in [1.54, 1.807) is 55.6 Å². The molecule has 0 fully saturated rings. The fourth-order valence-corrected chi connectivity index (χ4v) is 2.20. The van der Waals surface area contributed by atoms with Crippen LogP contribution in [0.5, 0.6) is 5.75 Å². The minimum atomic E-state index is -0.489. The van der Waals surface area contributed by atoms with Crippen molar-refractivity contribution in [2.24, 2.45) is 0 Å². The smallest absolute Gasteiger partial charge is 0.288 e. The van der Waals surface area contributed by atoms with Crippen molar-refractivity contribution in [1.82, 2.24) is 15.8 Å². The van der Waals surface area contributed by atoms with Gasteiger partial charge < -0.3 is 4.74 Å². The summed E-state index contributed by atoms with van der Waals surface area (Å²) in [6, 6.07) is 17.4. The Morgan fingerprint density at radius 1 is 0.917 bits per heavy atom. The summed E-state index contributed by atoms with van der Waals surface area (Å²) in [5.41, 5.74) is 6.05. The maximum absolute atomic E-state index is 12.1. The zero-order chi connectivity index (χ0) is 16.9. The van der Waals surface area contributed by atoms with Gasteiger partial charge in [-0.3, -0.25) is 20.4 Å². The number of fused-ring (bicyclic) bond motifs is 1. The number of nitrogens with zero attached hydrogens (tertiary/aromatic N) is 1. The van der Waals surface area contributed by atoms with Crippen LogP contribution in [0.1, 0.15) is 20.8 Å². The third-order valence-electron chi connectivity index (χ3n) is 3.45. The lowest BCUT2D eigenvalue weighted by molar-refractivity contribution is 0.0844. The predicted octanol–water partition coefficient (Wildman–Crippen LogP) is 2.32. The van der Waals surface area contributed by atoms with E-state index in [4.69, 9.17) is 4.74 Å². The van der Waals surface area contributed by atoms with Gasteiger partial charge in [0, 0.05) is 10.9 Å². The van der Waals surface area contributed by atoms with E-state index in [2.05, 4.69) is 15.8 Å². The van der Waals surface area contributed by atoms with E-state index < -0.39 is 11.8 Å². The van der Waals surface area contributed by atoms with Gasteiger partial charge in [0.2, 0.25) is 0 Å². The van der Waals surface area contributed by atoms with Gasteiger partial charge in [0.1, 0.15) is 11.4 Å². The van der Waals surface area contributed by atoms with Crippen LogP contribution in [-0.4, -0.2) is 23.9 Å². The van der Waals surface area contributed by atoms with E-state index in [0.29, 0.717) is 11.1 Å². The molecule has 0 spiro atoms. The van der Waals surface area contributed by atoms with Gasteiger partial charge in [-0.25, -0.2) is 4.98 Å². The van der Waals surface area contributed by atoms with Gasteiger partial charge in [-0.05, 0) is 36.4 Å². The summed E-state index contributed by atoms with van der Waals surface area (Å²) in [7, 11) is 1.59. The Bertz CT molecular complexity index is 894. The van der Waals surface area contributed by atoms with Crippen molar-refractivity contribution in [1.29, 1.82) is 0 Å². The second-order valence-corrected chi connectivity index (χ2v) is 5.03. The summed E-state index contributed by atoms with van der Waals surface area (Å²) in [5.74, 6) is -0.164. The number of benzene rings is 2. The number of hydrogen-bond donors (Lipinski definition) is 2. The van der Waals surface area contributed by atoms with Crippen molar-refractivity contribution in [2.45, 2.75) is 0 Å². The van der Waals surface area contributed by atoms with Crippen LogP contribution in [0.4, 0.5) is 0 Å². The van der Waals surface area contributed by atoms with Crippen LogP contribution in [0, 0.1) is 0 Å². The number of pyridine rings is 1. The molecule has 24 heavy (non-hydrogen) atoms. The number of hydrazine groups is 1. The highest BCUT2D eigenvalue weighted by Gasteiger charge is 2.11. The highest BCUT2D eigenvalue weighted by atomic mass is 16.5. The number of methoxy groups -OCH3 is 1. The Hall–Kier alpha value is -3.41. The average Bonchev–Trinajstić information content (AvgIpc) is 2.65. The molecule has 1 aromatic heterocycles. The first kappa shape index (κ1) is 15.5. The van der Waals surface area contributed by atoms with Gasteiger partial charge in [0.25, 0.3) is 11.8 Å². The van der Waals surface area contributed by atoms with Crippen molar-refractivity contribution >= 4 is 22.7 Å². The molecule has 0 radical (unpaired) electrons. The van der Waals surface area contributed by atoms with E-state index in [0.717, 1.165) is 11.1 Å². The van der Waals surface area contributed by atoms with E-state index >= 15 is 0 Å². The second-order valence-electron chi connectivity index (χ2n) is 5.03. The van der Waals surface area contributed by atoms with Crippen molar-refractivity contribution in [3.8, 4) is 5.75 Å². The number of rotatable bonds is 3. The number of aromatic nitrogens is 1. The summed E-state index contributed by atoms with van der Waals surface area (Å²) in [6.45, 7) is 0. The average molecular weight is 321 g/mol. The minimum absolute atomic E-state index is 0.209. The lowest BCUT2D eigenvalue weighted by Crippen LogP contribution is -2.41. The standard InChI is InChI=1S/C18H15N3O3/c1-24-14-8-10-15-13(11-14)7-9-16(19-15)18(23)21-20-17(22)12-5-3-2-4-6-12/h2-11H,1H3,(H,20,22)(H,21,23). The normalized spacial score (nSPS) is 10.2. The molecule has 0 aliphatic heterocycles. The lowest BCUT2D eigenvalue weighted by Gasteiger charge is -2.08. The first-order chi connectivity index (χ1) is 11.7. The fraction of sp³-hybridized carbons (Fsp3) is 0.0556. The third-order valence-corrected chi connectivity index (χ3v) is 3.45. The molecular weight excluding hydrogens is 306 g/mol. The number of amides is 2. The quantitative estimate of drug-likeness (QED) is 0.726. The third kappa shape index (κ3) is 3.33. The van der Waals surface area contributed by atoms with Crippen LogP contribution >= 0.6 is 0 Å². The van der Waals surface area contributed by atoms with Crippen LogP contribution in [0.3, 0.4) is 0 Å². The zero-order valence-electron chi connectivity index (χ0n) is 12.9. The van der Waals surface area contributed by atoms with Gasteiger partial charge in [-0.2, -0.15) is 0 Å². The molecule has 120 valence electrons. The predicted molar refractivity (Wildman–Crippen MR) is 89.7 cm³/mol. The first-order valence-electron chi connectivity index (χ1n) is 7.28. The highest BCUT2D eigenvalue weighted by molar-refractivity contribution is 5.99.